The lowest BCUT2D eigenvalue weighted by atomic mass is 9.71. The van der Waals surface area contributed by atoms with Crippen LogP contribution in [0, 0.1) is 17.8 Å². The van der Waals surface area contributed by atoms with Crippen LogP contribution in [0.1, 0.15) is 6.42 Å². The monoisotopic (exact) mass is 187 g/mol. The Hall–Kier alpha value is -1.31. The number of allylic oxidation sites excluding steroid dienone is 3. The van der Waals surface area contributed by atoms with Crippen molar-refractivity contribution < 1.29 is 4.79 Å². The van der Waals surface area contributed by atoms with Gasteiger partial charge in [0.2, 0.25) is 5.91 Å². The molecule has 3 rings (SSSR count). The van der Waals surface area contributed by atoms with E-state index in [2.05, 4.69) is 30.1 Å². The van der Waals surface area contributed by atoms with Gasteiger partial charge in [-0.3, -0.25) is 4.79 Å². The Balaban J connectivity index is 2.11. The molecule has 1 heterocycles. The molecule has 2 aliphatic carbocycles. The van der Waals surface area contributed by atoms with Crippen molar-refractivity contribution in [3.05, 3.63) is 36.5 Å². The van der Waals surface area contributed by atoms with Gasteiger partial charge < -0.3 is 5.32 Å². The third-order valence-corrected chi connectivity index (χ3v) is 3.61. The van der Waals surface area contributed by atoms with Crippen LogP contribution in [-0.4, -0.2) is 11.9 Å². The Labute approximate surface area is 83.4 Å². The van der Waals surface area contributed by atoms with E-state index in [-0.39, 0.29) is 17.7 Å². The van der Waals surface area contributed by atoms with Crippen LogP contribution in [0.15, 0.2) is 36.5 Å². The number of rotatable bonds is 0. The van der Waals surface area contributed by atoms with E-state index in [1.165, 1.54) is 5.57 Å². The molecule has 0 spiro atoms. The van der Waals surface area contributed by atoms with Crippen LogP contribution in [0.4, 0.5) is 0 Å². The first-order chi connectivity index (χ1) is 6.77. The summed E-state index contributed by atoms with van der Waals surface area (Å²) in [5.74, 6) is 0.956. The number of hydrogen-bond donors (Lipinski definition) is 1. The van der Waals surface area contributed by atoms with Crippen molar-refractivity contribution >= 4 is 5.91 Å². The standard InChI is InChI=1S/C12H13NO/c1-7-6-10-9-5-3-2-4-8(7)11(9)12(14)13-10/h2-5,8-11H,1,6H2,(H,13,14)/t8-,9-,10+,11-/m0/s1. The van der Waals surface area contributed by atoms with Crippen LogP contribution in [0.2, 0.25) is 0 Å². The summed E-state index contributed by atoms with van der Waals surface area (Å²) < 4.78 is 0. The molecule has 1 saturated carbocycles. The third kappa shape index (κ3) is 0.884. The molecule has 0 aromatic carbocycles. The van der Waals surface area contributed by atoms with Crippen molar-refractivity contribution in [2.24, 2.45) is 17.8 Å². The minimum Gasteiger partial charge on any atom is -0.352 e. The highest BCUT2D eigenvalue weighted by Gasteiger charge is 2.49. The lowest BCUT2D eigenvalue weighted by Gasteiger charge is -2.31. The molecule has 72 valence electrons. The van der Waals surface area contributed by atoms with E-state index in [4.69, 9.17) is 0 Å². The van der Waals surface area contributed by atoms with Gasteiger partial charge in [-0.15, -0.1) is 0 Å². The average Bonchev–Trinajstić information content (AvgIpc) is 2.35. The molecule has 0 radical (unpaired) electrons. The Kier molecular flexibility index (Phi) is 1.49. The van der Waals surface area contributed by atoms with E-state index in [0.717, 1.165) is 6.42 Å². The average molecular weight is 187 g/mol. The van der Waals surface area contributed by atoms with E-state index in [1.807, 2.05) is 6.08 Å². The maximum atomic E-state index is 11.7. The molecular weight excluding hydrogens is 174 g/mol. The highest BCUT2D eigenvalue weighted by molar-refractivity contribution is 5.84. The molecule has 0 unspecified atom stereocenters. The van der Waals surface area contributed by atoms with Crippen molar-refractivity contribution in [3.63, 3.8) is 0 Å². The van der Waals surface area contributed by atoms with Crippen LogP contribution in [0.3, 0.4) is 0 Å². The van der Waals surface area contributed by atoms with Gasteiger partial charge in [-0.2, -0.15) is 0 Å². The first-order valence-corrected chi connectivity index (χ1v) is 5.10. The molecule has 0 aromatic rings. The molecular formula is C12H13NO. The summed E-state index contributed by atoms with van der Waals surface area (Å²) in [5, 5.41) is 3.06. The van der Waals surface area contributed by atoms with E-state index >= 15 is 0 Å². The van der Waals surface area contributed by atoms with E-state index in [1.54, 1.807) is 0 Å². The number of nitrogens with one attached hydrogen (secondary N) is 1. The summed E-state index contributed by atoms with van der Waals surface area (Å²) in [6.07, 6.45) is 9.32. The summed E-state index contributed by atoms with van der Waals surface area (Å²) in [6.45, 7) is 4.08. The Morgan fingerprint density at radius 3 is 3.00 bits per heavy atom. The van der Waals surface area contributed by atoms with Gasteiger partial charge >= 0.3 is 0 Å². The number of carbonyl (C=O) groups is 1. The van der Waals surface area contributed by atoms with Gasteiger partial charge in [0.1, 0.15) is 0 Å². The molecule has 4 atom stereocenters. The number of amides is 1. The van der Waals surface area contributed by atoms with Crippen LogP contribution in [0.5, 0.6) is 0 Å². The number of hydrogen-bond acceptors (Lipinski definition) is 1. The molecule has 14 heavy (non-hydrogen) atoms. The highest BCUT2D eigenvalue weighted by atomic mass is 16.2. The first kappa shape index (κ1) is 8.04. The quantitative estimate of drug-likeness (QED) is 0.571. The van der Waals surface area contributed by atoms with Crippen LogP contribution in [0.25, 0.3) is 0 Å². The zero-order valence-corrected chi connectivity index (χ0v) is 7.94. The summed E-state index contributed by atoms with van der Waals surface area (Å²) in [6, 6.07) is 0.299. The van der Waals surface area contributed by atoms with Crippen molar-refractivity contribution in [1.82, 2.24) is 5.32 Å². The van der Waals surface area contributed by atoms with E-state index in [9.17, 15) is 4.79 Å². The van der Waals surface area contributed by atoms with Gasteiger partial charge in [0.05, 0.1) is 5.92 Å². The second-order valence-electron chi connectivity index (χ2n) is 4.38. The summed E-state index contributed by atoms with van der Waals surface area (Å²) >= 11 is 0. The SMILES string of the molecule is C=C1C[C@H]2NC(=O)[C@@H]3[C@H]2C=CC=C[C@@H]13. The molecule has 3 aliphatic rings. The Morgan fingerprint density at radius 1 is 1.36 bits per heavy atom. The zero-order chi connectivity index (χ0) is 9.71. The number of carbonyl (C=O) groups excluding carboxylic acids is 1. The fourth-order valence-corrected chi connectivity index (χ4v) is 2.95. The molecule has 1 amide bonds. The first-order valence-electron chi connectivity index (χ1n) is 5.10. The van der Waals surface area contributed by atoms with Crippen molar-refractivity contribution in [1.29, 1.82) is 0 Å². The largest absolute Gasteiger partial charge is 0.352 e. The maximum absolute atomic E-state index is 11.7. The molecule has 1 aliphatic heterocycles. The van der Waals surface area contributed by atoms with Crippen LogP contribution in [-0.2, 0) is 4.79 Å². The second-order valence-corrected chi connectivity index (χ2v) is 4.38. The van der Waals surface area contributed by atoms with Crippen LogP contribution >= 0.6 is 0 Å². The minimum atomic E-state index is 0.108. The lowest BCUT2D eigenvalue weighted by Crippen LogP contribution is -2.32. The van der Waals surface area contributed by atoms with Crippen LogP contribution < -0.4 is 5.32 Å². The topological polar surface area (TPSA) is 29.1 Å². The summed E-state index contributed by atoms with van der Waals surface area (Å²) in [4.78, 5) is 11.7. The van der Waals surface area contributed by atoms with Crippen molar-refractivity contribution in [3.8, 4) is 0 Å². The summed E-state index contributed by atoms with van der Waals surface area (Å²) in [7, 11) is 0. The zero-order valence-electron chi connectivity index (χ0n) is 7.94. The third-order valence-electron chi connectivity index (χ3n) is 3.61. The molecule has 4 bridgehead atoms. The highest BCUT2D eigenvalue weighted by Crippen LogP contribution is 2.44. The second kappa shape index (κ2) is 2.59. The van der Waals surface area contributed by atoms with Gasteiger partial charge in [-0.05, 0) is 6.42 Å². The van der Waals surface area contributed by atoms with Gasteiger partial charge in [-0.25, -0.2) is 0 Å². The summed E-state index contributed by atoms with van der Waals surface area (Å²) in [5.41, 5.74) is 1.20. The fraction of sp³-hybridized carbons (Fsp3) is 0.417. The smallest absolute Gasteiger partial charge is 0.224 e. The lowest BCUT2D eigenvalue weighted by molar-refractivity contribution is -0.123. The molecule has 2 nitrogen and oxygen atoms in total. The van der Waals surface area contributed by atoms with E-state index in [0.29, 0.717) is 12.0 Å². The van der Waals surface area contributed by atoms with Crippen molar-refractivity contribution in [2.45, 2.75) is 12.5 Å². The van der Waals surface area contributed by atoms with E-state index < -0.39 is 0 Å². The predicted molar refractivity (Wildman–Crippen MR) is 54.4 cm³/mol. The molecule has 1 saturated heterocycles. The maximum Gasteiger partial charge on any atom is 0.224 e. The van der Waals surface area contributed by atoms with Gasteiger partial charge in [-0.1, -0.05) is 36.5 Å². The van der Waals surface area contributed by atoms with Crippen molar-refractivity contribution in [2.75, 3.05) is 0 Å². The molecule has 0 aromatic heterocycles. The molecule has 1 N–H and O–H groups in total. The molecule has 2 fully saturated rings. The Morgan fingerprint density at radius 2 is 2.14 bits per heavy atom. The normalized spacial score (nSPS) is 43.7. The van der Waals surface area contributed by atoms with Gasteiger partial charge in [0.15, 0.2) is 0 Å². The fourth-order valence-electron chi connectivity index (χ4n) is 2.95. The predicted octanol–water partition coefficient (Wildman–Crippen LogP) is 1.42. The van der Waals surface area contributed by atoms with Gasteiger partial charge in [0, 0.05) is 17.9 Å². The minimum absolute atomic E-state index is 0.108. The van der Waals surface area contributed by atoms with Gasteiger partial charge in [0.25, 0.3) is 0 Å². The molecule has 2 heteroatoms. The Bertz CT molecular complexity index is 367.